The van der Waals surface area contributed by atoms with Crippen LogP contribution in [0.15, 0.2) is 79.0 Å². The van der Waals surface area contributed by atoms with Crippen molar-refractivity contribution in [2.24, 2.45) is 0 Å². The van der Waals surface area contributed by atoms with Crippen molar-refractivity contribution in [3.63, 3.8) is 0 Å². The van der Waals surface area contributed by atoms with Crippen molar-refractivity contribution in [1.29, 1.82) is 0 Å². The molecule has 0 spiro atoms. The van der Waals surface area contributed by atoms with E-state index in [4.69, 9.17) is 23.2 Å². The molecule has 0 fully saturated rings. The van der Waals surface area contributed by atoms with Gasteiger partial charge in [0.15, 0.2) is 5.78 Å². The van der Waals surface area contributed by atoms with E-state index in [1.54, 1.807) is 36.4 Å². The number of aromatic nitrogens is 2. The van der Waals surface area contributed by atoms with E-state index in [0.717, 1.165) is 10.5 Å². The van der Waals surface area contributed by atoms with Crippen LogP contribution in [0.1, 0.15) is 80.0 Å². The summed E-state index contributed by atoms with van der Waals surface area (Å²) in [5, 5.41) is 0.356. The zero-order valence-corrected chi connectivity index (χ0v) is 22.9. The third-order valence-electron chi connectivity index (χ3n) is 6.92. The van der Waals surface area contributed by atoms with Crippen LogP contribution >= 0.6 is 23.2 Å². The molecule has 5 rings (SSSR count). The number of rotatable bonds is 5. The van der Waals surface area contributed by atoms with Crippen LogP contribution in [0.2, 0.25) is 10.0 Å². The van der Waals surface area contributed by atoms with E-state index in [-0.39, 0.29) is 38.8 Å². The number of Topliss-reactive ketones (excluding diaryl/α,β-unsaturated/α-hetero) is 1. The zero-order chi connectivity index (χ0) is 27.7. The maximum atomic E-state index is 13.7. The van der Waals surface area contributed by atoms with Gasteiger partial charge in [-0.15, -0.1) is 0 Å². The van der Waals surface area contributed by atoms with E-state index in [2.05, 4.69) is 48.1 Å². The number of ketones is 1. The maximum absolute atomic E-state index is 13.7. The fourth-order valence-corrected chi connectivity index (χ4v) is 5.15. The molecule has 0 saturated carbocycles. The Kier molecular flexibility index (Phi) is 7.60. The van der Waals surface area contributed by atoms with Crippen molar-refractivity contribution < 1.29 is 14.4 Å². The molecule has 6 nitrogen and oxygen atoms in total. The molecule has 0 unspecified atom stereocenters. The summed E-state index contributed by atoms with van der Waals surface area (Å²) in [6, 6.07) is 21.1. The first-order valence-electron chi connectivity index (χ1n) is 12.6. The molecule has 196 valence electrons. The molecule has 0 aliphatic heterocycles. The molecule has 0 N–H and O–H groups in total. The van der Waals surface area contributed by atoms with E-state index in [1.165, 1.54) is 23.9 Å². The molecule has 3 aromatic carbocycles. The Morgan fingerprint density at radius 2 is 1.41 bits per heavy atom. The third-order valence-corrected chi connectivity index (χ3v) is 7.58. The normalized spacial score (nSPS) is 14.7. The van der Waals surface area contributed by atoms with Gasteiger partial charge in [0, 0.05) is 12.6 Å². The number of nitrogens with zero attached hydrogens (tertiary/aromatic N) is 3. The summed E-state index contributed by atoms with van der Waals surface area (Å²) in [6.07, 6.45) is 2.19. The smallest absolute Gasteiger partial charge is 0.269 e. The van der Waals surface area contributed by atoms with E-state index >= 15 is 0 Å². The SMILES string of the molecule is CC(C)c1ccc([C@@H]2CC(=O)c3cnc(N(C(=O)c4ccccc4Cl)C(=O)c4ccccc4Cl)nc3C2)cc1. The summed E-state index contributed by atoms with van der Waals surface area (Å²) in [7, 11) is 0. The lowest BCUT2D eigenvalue weighted by molar-refractivity contribution is 0.0894. The molecule has 1 aliphatic carbocycles. The second-order valence-corrected chi connectivity index (χ2v) is 10.6. The Bertz CT molecular complexity index is 1530. The van der Waals surface area contributed by atoms with Crippen molar-refractivity contribution in [3.8, 4) is 0 Å². The minimum absolute atomic E-state index is 0.0813. The standard InChI is InChI=1S/C31H25Cl2N3O3/c1-18(2)19-11-13-20(14-12-19)21-15-27-24(28(37)16-21)17-34-31(35-27)36(29(38)22-7-3-5-9-25(22)32)30(39)23-8-4-6-10-26(23)33/h3-14,17-18,21H,15-16H2,1-2H3/t21-/m0/s1. The summed E-state index contributed by atoms with van der Waals surface area (Å²) in [4.78, 5) is 50.3. The highest BCUT2D eigenvalue weighted by Gasteiger charge is 2.33. The molecular formula is C31H25Cl2N3O3. The number of halogens is 2. The third kappa shape index (κ3) is 5.35. The minimum Gasteiger partial charge on any atom is -0.294 e. The van der Waals surface area contributed by atoms with Crippen LogP contribution in [0, 0.1) is 0 Å². The number of carbonyl (C=O) groups excluding carboxylic acids is 3. The van der Waals surface area contributed by atoms with Gasteiger partial charge in [-0.2, -0.15) is 0 Å². The van der Waals surface area contributed by atoms with Crippen LogP contribution in [0.25, 0.3) is 0 Å². The summed E-state index contributed by atoms with van der Waals surface area (Å²) in [6.45, 7) is 4.26. The van der Waals surface area contributed by atoms with Crippen molar-refractivity contribution >= 4 is 46.7 Å². The van der Waals surface area contributed by atoms with Gasteiger partial charge in [-0.1, -0.05) is 85.6 Å². The summed E-state index contributed by atoms with van der Waals surface area (Å²) in [5.41, 5.74) is 3.36. The molecule has 1 aromatic heterocycles. The highest BCUT2D eigenvalue weighted by Crippen LogP contribution is 2.34. The average molecular weight is 558 g/mol. The second kappa shape index (κ2) is 11.1. The van der Waals surface area contributed by atoms with Gasteiger partial charge in [-0.3, -0.25) is 14.4 Å². The number of carbonyl (C=O) groups is 3. The van der Waals surface area contributed by atoms with Crippen LogP contribution in [0.4, 0.5) is 5.95 Å². The lowest BCUT2D eigenvalue weighted by atomic mass is 9.81. The molecule has 39 heavy (non-hydrogen) atoms. The number of benzene rings is 3. The molecule has 2 amide bonds. The monoisotopic (exact) mass is 557 g/mol. The number of fused-ring (bicyclic) bond motifs is 1. The molecular weight excluding hydrogens is 533 g/mol. The predicted molar refractivity (Wildman–Crippen MR) is 152 cm³/mol. The van der Waals surface area contributed by atoms with E-state index in [9.17, 15) is 14.4 Å². The number of hydrogen-bond acceptors (Lipinski definition) is 5. The predicted octanol–water partition coefficient (Wildman–Crippen LogP) is 7.31. The van der Waals surface area contributed by atoms with E-state index in [0.29, 0.717) is 30.0 Å². The molecule has 4 aromatic rings. The lowest BCUT2D eigenvalue weighted by Crippen LogP contribution is -2.39. The molecule has 0 bridgehead atoms. The quantitative estimate of drug-likeness (QED) is 0.240. The van der Waals surface area contributed by atoms with Crippen molar-refractivity contribution in [2.45, 2.75) is 38.5 Å². The van der Waals surface area contributed by atoms with Gasteiger partial charge < -0.3 is 0 Å². The first-order valence-corrected chi connectivity index (χ1v) is 13.4. The Balaban J connectivity index is 1.56. The fraction of sp³-hybridized carbons (Fsp3) is 0.194. The van der Waals surface area contributed by atoms with E-state index in [1.807, 2.05) is 0 Å². The Labute approximate surface area is 236 Å². The summed E-state index contributed by atoms with van der Waals surface area (Å²) >= 11 is 12.6. The van der Waals surface area contributed by atoms with Crippen molar-refractivity contribution in [2.75, 3.05) is 4.90 Å². The highest BCUT2D eigenvalue weighted by atomic mass is 35.5. The molecule has 8 heteroatoms. The van der Waals surface area contributed by atoms with Gasteiger partial charge >= 0.3 is 0 Å². The molecule has 1 atom stereocenters. The molecule has 1 aliphatic rings. The number of hydrogen-bond donors (Lipinski definition) is 0. The van der Waals surface area contributed by atoms with Crippen molar-refractivity contribution in [3.05, 3.63) is 123 Å². The topological polar surface area (TPSA) is 80.2 Å². The van der Waals surface area contributed by atoms with Crippen LogP contribution in [-0.4, -0.2) is 27.6 Å². The second-order valence-electron chi connectivity index (χ2n) is 9.79. The van der Waals surface area contributed by atoms with Gasteiger partial charge in [0.05, 0.1) is 32.4 Å². The van der Waals surface area contributed by atoms with Crippen LogP contribution < -0.4 is 4.90 Å². The minimum atomic E-state index is -0.701. The van der Waals surface area contributed by atoms with Crippen molar-refractivity contribution in [1.82, 2.24) is 9.97 Å². The molecule has 0 radical (unpaired) electrons. The summed E-state index contributed by atoms with van der Waals surface area (Å²) in [5.74, 6) is -1.31. The molecule has 1 heterocycles. The zero-order valence-electron chi connectivity index (χ0n) is 21.4. The Hall–Kier alpha value is -3.87. The average Bonchev–Trinajstić information content (AvgIpc) is 2.93. The Morgan fingerprint density at radius 3 is 1.95 bits per heavy atom. The van der Waals surface area contributed by atoms with Gasteiger partial charge in [0.25, 0.3) is 11.8 Å². The first-order chi connectivity index (χ1) is 18.7. The van der Waals surface area contributed by atoms with Gasteiger partial charge in [0.1, 0.15) is 0 Å². The largest absolute Gasteiger partial charge is 0.294 e. The lowest BCUT2D eigenvalue weighted by Gasteiger charge is -2.25. The first kappa shape index (κ1) is 26.7. The highest BCUT2D eigenvalue weighted by molar-refractivity contribution is 6.38. The van der Waals surface area contributed by atoms with Crippen LogP contribution in [0.3, 0.4) is 0 Å². The maximum Gasteiger partial charge on any atom is 0.269 e. The number of anilines is 1. The van der Waals surface area contributed by atoms with Gasteiger partial charge in [0.2, 0.25) is 5.95 Å². The van der Waals surface area contributed by atoms with Gasteiger partial charge in [-0.05, 0) is 53.6 Å². The number of amides is 2. The van der Waals surface area contributed by atoms with Crippen LogP contribution in [0.5, 0.6) is 0 Å². The number of imide groups is 1. The Morgan fingerprint density at radius 1 is 0.846 bits per heavy atom. The fourth-order valence-electron chi connectivity index (χ4n) is 4.72. The van der Waals surface area contributed by atoms with E-state index < -0.39 is 11.8 Å². The van der Waals surface area contributed by atoms with Crippen LogP contribution in [-0.2, 0) is 6.42 Å². The molecule has 0 saturated heterocycles. The summed E-state index contributed by atoms with van der Waals surface area (Å²) < 4.78 is 0. The van der Waals surface area contributed by atoms with Gasteiger partial charge in [-0.25, -0.2) is 14.9 Å².